The number of carbonyl (C=O) groups excluding carboxylic acids is 1. The van der Waals surface area contributed by atoms with Gasteiger partial charge in [-0.15, -0.1) is 0 Å². The summed E-state index contributed by atoms with van der Waals surface area (Å²) in [6.45, 7) is 7.02. The minimum absolute atomic E-state index is 0.0432. The van der Waals surface area contributed by atoms with Crippen molar-refractivity contribution in [1.82, 2.24) is 9.78 Å². The van der Waals surface area contributed by atoms with Gasteiger partial charge in [0.15, 0.2) is 0 Å². The first-order valence-electron chi connectivity index (χ1n) is 9.89. The minimum atomic E-state index is -0.651. The molecule has 1 aliphatic heterocycles. The van der Waals surface area contributed by atoms with Gasteiger partial charge in [0.05, 0.1) is 11.1 Å². The molecule has 2 aliphatic rings. The van der Waals surface area contributed by atoms with Crippen molar-refractivity contribution in [2.45, 2.75) is 64.3 Å². The predicted molar refractivity (Wildman–Crippen MR) is 108 cm³/mol. The van der Waals surface area contributed by atoms with Crippen LogP contribution in [0.15, 0.2) is 12.1 Å². The Labute approximate surface area is 160 Å². The van der Waals surface area contributed by atoms with E-state index in [4.69, 9.17) is 11.5 Å². The quantitative estimate of drug-likeness (QED) is 0.758. The third-order valence-corrected chi connectivity index (χ3v) is 6.31. The first kappa shape index (κ1) is 18.0. The molecule has 2 atom stereocenters. The third kappa shape index (κ3) is 2.74. The first-order valence-corrected chi connectivity index (χ1v) is 9.89. The summed E-state index contributed by atoms with van der Waals surface area (Å²) in [7, 11) is 0. The molecule has 27 heavy (non-hydrogen) atoms. The van der Waals surface area contributed by atoms with Gasteiger partial charge < -0.3 is 16.8 Å². The van der Waals surface area contributed by atoms with Gasteiger partial charge in [-0.2, -0.15) is 9.78 Å². The standard InChI is InChI=1S/C21H29N5O/c1-4-13-9-12(2)18-16(10-13)21(3,7-8-24-18)20(27)26-19(23)15-11-14(22)5-6-17(15)25-26/h9-10,14,24H,4-8,11,22-23H2,1-3H3. The average Bonchev–Trinajstić information content (AvgIpc) is 2.98. The maximum atomic E-state index is 13.7. The number of carbonyl (C=O) groups is 1. The SMILES string of the molecule is CCc1cc(C)c2c(c1)C(C)(C(=O)n1nc3c(c1N)CC(N)CC3)CCN2. The van der Waals surface area contributed by atoms with Crippen LogP contribution in [0.2, 0.25) is 0 Å². The van der Waals surface area contributed by atoms with Crippen LogP contribution in [-0.2, 0) is 24.7 Å². The van der Waals surface area contributed by atoms with Crippen molar-refractivity contribution in [3.8, 4) is 0 Å². The number of nitrogens with two attached hydrogens (primary N) is 2. The van der Waals surface area contributed by atoms with E-state index in [0.29, 0.717) is 12.2 Å². The average molecular weight is 367 g/mol. The number of rotatable bonds is 2. The highest BCUT2D eigenvalue weighted by atomic mass is 16.2. The molecule has 0 fully saturated rings. The van der Waals surface area contributed by atoms with Crippen LogP contribution in [0.1, 0.15) is 59.4 Å². The fourth-order valence-electron chi connectivity index (χ4n) is 4.54. The lowest BCUT2D eigenvalue weighted by atomic mass is 9.74. The van der Waals surface area contributed by atoms with E-state index >= 15 is 0 Å². The Morgan fingerprint density at radius 2 is 2.22 bits per heavy atom. The predicted octanol–water partition coefficient (Wildman–Crippen LogP) is 2.57. The van der Waals surface area contributed by atoms with Gasteiger partial charge >= 0.3 is 0 Å². The van der Waals surface area contributed by atoms with Gasteiger partial charge in [0.2, 0.25) is 0 Å². The van der Waals surface area contributed by atoms with Gasteiger partial charge in [0.25, 0.3) is 5.91 Å². The number of aryl methyl sites for hydroxylation is 3. The Balaban J connectivity index is 1.81. The van der Waals surface area contributed by atoms with E-state index in [0.717, 1.165) is 54.7 Å². The van der Waals surface area contributed by atoms with E-state index in [1.807, 2.05) is 6.92 Å². The van der Waals surface area contributed by atoms with Gasteiger partial charge in [0.1, 0.15) is 5.82 Å². The zero-order valence-electron chi connectivity index (χ0n) is 16.4. The minimum Gasteiger partial charge on any atom is -0.385 e. The fraction of sp³-hybridized carbons (Fsp3) is 0.524. The maximum Gasteiger partial charge on any atom is 0.259 e. The van der Waals surface area contributed by atoms with Crippen molar-refractivity contribution in [2.75, 3.05) is 17.6 Å². The van der Waals surface area contributed by atoms with Gasteiger partial charge in [-0.1, -0.05) is 19.1 Å². The lowest BCUT2D eigenvalue weighted by Crippen LogP contribution is -2.42. The highest BCUT2D eigenvalue weighted by Gasteiger charge is 2.42. The summed E-state index contributed by atoms with van der Waals surface area (Å²) in [5.41, 5.74) is 18.3. The number of nitrogen functional groups attached to an aromatic ring is 1. The molecule has 6 nitrogen and oxygen atoms in total. The Morgan fingerprint density at radius 3 is 2.96 bits per heavy atom. The van der Waals surface area contributed by atoms with E-state index in [1.165, 1.54) is 15.8 Å². The molecule has 0 saturated heterocycles. The molecule has 2 unspecified atom stereocenters. The largest absolute Gasteiger partial charge is 0.385 e. The highest BCUT2D eigenvalue weighted by molar-refractivity contribution is 5.94. The van der Waals surface area contributed by atoms with Crippen molar-refractivity contribution in [2.24, 2.45) is 5.73 Å². The van der Waals surface area contributed by atoms with Crippen molar-refractivity contribution in [3.63, 3.8) is 0 Å². The van der Waals surface area contributed by atoms with Crippen LogP contribution in [0.3, 0.4) is 0 Å². The van der Waals surface area contributed by atoms with E-state index in [1.54, 1.807) is 0 Å². The van der Waals surface area contributed by atoms with E-state index in [-0.39, 0.29) is 11.9 Å². The summed E-state index contributed by atoms with van der Waals surface area (Å²) in [6, 6.07) is 4.46. The van der Waals surface area contributed by atoms with E-state index in [9.17, 15) is 4.79 Å². The molecule has 1 aromatic heterocycles. The number of hydrogen-bond donors (Lipinski definition) is 3. The van der Waals surface area contributed by atoms with Crippen molar-refractivity contribution in [1.29, 1.82) is 0 Å². The number of fused-ring (bicyclic) bond motifs is 2. The first-order chi connectivity index (χ1) is 12.8. The summed E-state index contributed by atoms with van der Waals surface area (Å²) in [4.78, 5) is 13.7. The van der Waals surface area contributed by atoms with E-state index in [2.05, 4.69) is 36.4 Å². The lowest BCUT2D eigenvalue weighted by Gasteiger charge is -2.36. The molecule has 2 aromatic rings. The van der Waals surface area contributed by atoms with Crippen LogP contribution in [-0.4, -0.2) is 28.3 Å². The summed E-state index contributed by atoms with van der Waals surface area (Å²) in [5, 5.41) is 8.09. The Kier molecular flexibility index (Phi) is 4.26. The Bertz CT molecular complexity index is 916. The molecule has 4 rings (SSSR count). The normalized spacial score (nSPS) is 24.1. The molecule has 2 heterocycles. The van der Waals surface area contributed by atoms with Gasteiger partial charge in [-0.25, -0.2) is 0 Å². The molecule has 144 valence electrons. The monoisotopic (exact) mass is 367 g/mol. The molecule has 1 aliphatic carbocycles. The number of benzene rings is 1. The van der Waals surface area contributed by atoms with Crippen LogP contribution < -0.4 is 16.8 Å². The van der Waals surface area contributed by atoms with Gasteiger partial charge in [-0.05, 0) is 62.6 Å². The van der Waals surface area contributed by atoms with E-state index < -0.39 is 5.41 Å². The lowest BCUT2D eigenvalue weighted by molar-refractivity contribution is 0.0785. The Morgan fingerprint density at radius 1 is 1.44 bits per heavy atom. The summed E-state index contributed by atoms with van der Waals surface area (Å²) in [6.07, 6.45) is 4.03. The number of anilines is 2. The number of aromatic nitrogens is 2. The van der Waals surface area contributed by atoms with Gasteiger partial charge in [0, 0.05) is 23.8 Å². The molecule has 5 N–H and O–H groups in total. The second-order valence-corrected chi connectivity index (χ2v) is 8.23. The molecule has 6 heteroatoms. The van der Waals surface area contributed by atoms with Crippen molar-refractivity contribution >= 4 is 17.4 Å². The van der Waals surface area contributed by atoms with Crippen molar-refractivity contribution < 1.29 is 4.79 Å². The summed E-state index contributed by atoms with van der Waals surface area (Å²) >= 11 is 0. The van der Waals surface area contributed by atoms with Crippen LogP contribution >= 0.6 is 0 Å². The summed E-state index contributed by atoms with van der Waals surface area (Å²) in [5.74, 6) is 0.424. The topological polar surface area (TPSA) is 99.0 Å². The third-order valence-electron chi connectivity index (χ3n) is 6.31. The second-order valence-electron chi connectivity index (χ2n) is 8.23. The molecule has 0 bridgehead atoms. The molecular formula is C21H29N5O. The van der Waals surface area contributed by atoms with Crippen LogP contribution in [0.5, 0.6) is 0 Å². The zero-order chi connectivity index (χ0) is 19.3. The Hall–Kier alpha value is -2.34. The number of nitrogens with one attached hydrogen (secondary N) is 1. The number of nitrogens with zero attached hydrogens (tertiary/aromatic N) is 2. The molecule has 0 radical (unpaired) electrons. The number of hydrogen-bond acceptors (Lipinski definition) is 5. The van der Waals surface area contributed by atoms with Crippen LogP contribution in [0.4, 0.5) is 11.5 Å². The highest BCUT2D eigenvalue weighted by Crippen LogP contribution is 2.41. The molecule has 0 amide bonds. The molecule has 0 saturated carbocycles. The fourth-order valence-corrected chi connectivity index (χ4v) is 4.54. The summed E-state index contributed by atoms with van der Waals surface area (Å²) < 4.78 is 1.45. The van der Waals surface area contributed by atoms with Crippen LogP contribution in [0.25, 0.3) is 0 Å². The van der Waals surface area contributed by atoms with Gasteiger partial charge in [-0.3, -0.25) is 4.79 Å². The smallest absolute Gasteiger partial charge is 0.259 e. The second kappa shape index (κ2) is 6.37. The molecule has 0 spiro atoms. The molecular weight excluding hydrogens is 338 g/mol. The maximum absolute atomic E-state index is 13.7. The van der Waals surface area contributed by atoms with Crippen LogP contribution in [0, 0.1) is 6.92 Å². The molecule has 1 aromatic carbocycles. The van der Waals surface area contributed by atoms with Crippen molar-refractivity contribution in [3.05, 3.63) is 40.1 Å². The zero-order valence-corrected chi connectivity index (χ0v) is 16.4.